The summed E-state index contributed by atoms with van der Waals surface area (Å²) < 4.78 is 32.1. The van der Waals surface area contributed by atoms with Gasteiger partial charge in [0, 0.05) is 5.02 Å². The van der Waals surface area contributed by atoms with Crippen molar-refractivity contribution < 1.29 is 18.3 Å². The van der Waals surface area contributed by atoms with E-state index in [-0.39, 0.29) is 15.7 Å². The third-order valence-electron chi connectivity index (χ3n) is 2.63. The molecule has 0 aromatic heterocycles. The van der Waals surface area contributed by atoms with Crippen LogP contribution < -0.4 is 9.46 Å². The Bertz CT molecular complexity index is 778. The first-order valence-electron chi connectivity index (χ1n) is 5.69. The van der Waals surface area contributed by atoms with Crippen LogP contribution in [0.3, 0.4) is 0 Å². The number of sulfonamides is 1. The van der Waals surface area contributed by atoms with E-state index in [0.717, 1.165) is 6.07 Å². The molecule has 2 N–H and O–H groups in total. The van der Waals surface area contributed by atoms with E-state index < -0.39 is 20.7 Å². The van der Waals surface area contributed by atoms with E-state index in [1.165, 1.54) is 19.2 Å². The molecule has 0 fully saturated rings. The Morgan fingerprint density at radius 3 is 2.52 bits per heavy atom. The normalized spacial score (nSPS) is 11.2. The number of phenols is 1. The number of ether oxygens (including phenoxy) is 1. The number of para-hydroxylation sites is 2. The van der Waals surface area contributed by atoms with Crippen molar-refractivity contribution in [3.63, 3.8) is 0 Å². The molecular formula is C13H11Cl2NO4S. The smallest absolute Gasteiger partial charge is 0.265 e. The number of aromatic hydroxyl groups is 1. The fraction of sp³-hybridized carbons (Fsp3) is 0.0769. The van der Waals surface area contributed by atoms with E-state index in [2.05, 4.69) is 4.72 Å². The molecule has 0 saturated heterocycles. The van der Waals surface area contributed by atoms with Gasteiger partial charge in [0.05, 0.1) is 17.8 Å². The highest BCUT2D eigenvalue weighted by Crippen LogP contribution is 2.36. The molecule has 0 saturated carbocycles. The molecule has 5 nitrogen and oxygen atoms in total. The van der Waals surface area contributed by atoms with Gasteiger partial charge >= 0.3 is 0 Å². The minimum atomic E-state index is -4.07. The van der Waals surface area contributed by atoms with Gasteiger partial charge in [-0.25, -0.2) is 8.42 Å². The molecule has 0 aliphatic heterocycles. The number of phenolic OH excluding ortho intramolecular Hbond substituents is 1. The lowest BCUT2D eigenvalue weighted by atomic mass is 10.3. The van der Waals surface area contributed by atoms with Gasteiger partial charge in [0.2, 0.25) is 0 Å². The standard InChI is InChI=1S/C13H11Cl2NO4S/c1-20-11-5-3-2-4-10(11)16-21(18,19)12-7-8(14)6-9(15)13(12)17/h2-7,16-17H,1H3. The minimum Gasteiger partial charge on any atom is -0.505 e. The van der Waals surface area contributed by atoms with Crippen LogP contribution >= 0.6 is 23.2 Å². The number of halogens is 2. The molecule has 21 heavy (non-hydrogen) atoms. The lowest BCUT2D eigenvalue weighted by Gasteiger charge is -2.13. The van der Waals surface area contributed by atoms with Crippen molar-refractivity contribution in [2.45, 2.75) is 4.90 Å². The highest BCUT2D eigenvalue weighted by Gasteiger charge is 2.22. The number of hydrogen-bond donors (Lipinski definition) is 2. The van der Waals surface area contributed by atoms with E-state index in [1.54, 1.807) is 18.2 Å². The highest BCUT2D eigenvalue weighted by atomic mass is 35.5. The van der Waals surface area contributed by atoms with Crippen LogP contribution in [0.15, 0.2) is 41.3 Å². The van der Waals surface area contributed by atoms with Crippen molar-refractivity contribution in [1.82, 2.24) is 0 Å². The van der Waals surface area contributed by atoms with E-state index in [9.17, 15) is 13.5 Å². The fourth-order valence-corrected chi connectivity index (χ4v) is 3.50. The van der Waals surface area contributed by atoms with Crippen LogP contribution in [0, 0.1) is 0 Å². The molecule has 2 aromatic rings. The zero-order chi connectivity index (χ0) is 15.6. The second-order valence-electron chi connectivity index (χ2n) is 4.04. The van der Waals surface area contributed by atoms with Crippen molar-refractivity contribution in [3.8, 4) is 11.5 Å². The van der Waals surface area contributed by atoms with Crippen LogP contribution in [-0.2, 0) is 10.0 Å². The third kappa shape index (κ3) is 3.34. The summed E-state index contributed by atoms with van der Waals surface area (Å²) in [6.07, 6.45) is 0. The molecule has 0 aliphatic carbocycles. The Balaban J connectivity index is 2.49. The van der Waals surface area contributed by atoms with Crippen LogP contribution in [0.1, 0.15) is 0 Å². The Hall–Kier alpha value is -1.63. The van der Waals surface area contributed by atoms with Crippen LogP contribution in [0.5, 0.6) is 11.5 Å². The van der Waals surface area contributed by atoms with E-state index >= 15 is 0 Å². The summed E-state index contributed by atoms with van der Waals surface area (Å²) in [6.45, 7) is 0. The number of hydrogen-bond acceptors (Lipinski definition) is 4. The molecule has 0 heterocycles. The van der Waals surface area contributed by atoms with Crippen molar-refractivity contribution in [2.24, 2.45) is 0 Å². The number of nitrogens with one attached hydrogen (secondary N) is 1. The molecule has 112 valence electrons. The quantitative estimate of drug-likeness (QED) is 0.887. The second-order valence-corrected chi connectivity index (χ2v) is 6.53. The minimum absolute atomic E-state index is 0.0956. The van der Waals surface area contributed by atoms with Gasteiger partial charge in [0.15, 0.2) is 5.75 Å². The molecule has 0 amide bonds. The molecule has 2 aromatic carbocycles. The molecule has 0 aliphatic rings. The van der Waals surface area contributed by atoms with Crippen LogP contribution in [0.25, 0.3) is 0 Å². The van der Waals surface area contributed by atoms with Gasteiger partial charge in [-0.1, -0.05) is 35.3 Å². The van der Waals surface area contributed by atoms with Crippen molar-refractivity contribution >= 4 is 38.9 Å². The summed E-state index contributed by atoms with van der Waals surface area (Å²) in [6, 6.07) is 8.83. The molecule has 0 radical (unpaired) electrons. The summed E-state index contributed by atoms with van der Waals surface area (Å²) in [4.78, 5) is -0.411. The Labute approximate surface area is 132 Å². The second kappa shape index (κ2) is 6.01. The van der Waals surface area contributed by atoms with Gasteiger partial charge < -0.3 is 9.84 Å². The lowest BCUT2D eigenvalue weighted by Crippen LogP contribution is -2.14. The van der Waals surface area contributed by atoms with Gasteiger partial charge in [0.25, 0.3) is 10.0 Å². The SMILES string of the molecule is COc1ccccc1NS(=O)(=O)c1cc(Cl)cc(Cl)c1O. The lowest BCUT2D eigenvalue weighted by molar-refractivity contribution is 0.417. The van der Waals surface area contributed by atoms with Gasteiger partial charge in [-0.3, -0.25) is 4.72 Å². The molecule has 0 atom stereocenters. The fourth-order valence-electron chi connectivity index (χ4n) is 1.68. The van der Waals surface area contributed by atoms with Gasteiger partial charge in [-0.2, -0.15) is 0 Å². The molecule has 0 bridgehead atoms. The predicted octanol–water partition coefficient (Wildman–Crippen LogP) is 3.51. The monoisotopic (exact) mass is 347 g/mol. The zero-order valence-corrected chi connectivity index (χ0v) is 13.1. The number of rotatable bonds is 4. The number of benzene rings is 2. The molecule has 0 unspecified atom stereocenters. The summed E-state index contributed by atoms with van der Waals surface area (Å²) in [7, 11) is -2.65. The largest absolute Gasteiger partial charge is 0.505 e. The van der Waals surface area contributed by atoms with Crippen LogP contribution in [-0.4, -0.2) is 20.6 Å². The van der Waals surface area contributed by atoms with E-state index in [1.807, 2.05) is 0 Å². The maximum Gasteiger partial charge on any atom is 0.265 e. The third-order valence-corrected chi connectivity index (χ3v) is 4.52. The van der Waals surface area contributed by atoms with Crippen molar-refractivity contribution in [1.29, 1.82) is 0 Å². The highest BCUT2D eigenvalue weighted by molar-refractivity contribution is 7.92. The van der Waals surface area contributed by atoms with E-state index in [4.69, 9.17) is 27.9 Å². The van der Waals surface area contributed by atoms with Gasteiger partial charge in [-0.05, 0) is 24.3 Å². The molecule has 8 heteroatoms. The van der Waals surface area contributed by atoms with Crippen LogP contribution in [0.4, 0.5) is 5.69 Å². The maximum atomic E-state index is 12.4. The average Bonchev–Trinajstić information content (AvgIpc) is 2.43. The summed E-state index contributed by atoms with van der Waals surface area (Å²) in [5.41, 5.74) is 0.232. The number of methoxy groups -OCH3 is 1. The Kier molecular flexibility index (Phi) is 4.51. The summed E-state index contributed by atoms with van der Waals surface area (Å²) >= 11 is 11.5. The predicted molar refractivity (Wildman–Crippen MR) is 81.9 cm³/mol. The van der Waals surface area contributed by atoms with Crippen LogP contribution in [0.2, 0.25) is 10.0 Å². The maximum absolute atomic E-state index is 12.4. The van der Waals surface area contributed by atoms with Crippen molar-refractivity contribution in [3.05, 3.63) is 46.4 Å². The first-order chi connectivity index (χ1) is 9.85. The molecular weight excluding hydrogens is 337 g/mol. The zero-order valence-electron chi connectivity index (χ0n) is 10.8. The Morgan fingerprint density at radius 2 is 1.86 bits per heavy atom. The first kappa shape index (κ1) is 15.8. The molecule has 0 spiro atoms. The first-order valence-corrected chi connectivity index (χ1v) is 7.93. The summed E-state index contributed by atoms with van der Waals surface area (Å²) in [5.74, 6) is -0.225. The van der Waals surface area contributed by atoms with Gasteiger partial charge in [-0.15, -0.1) is 0 Å². The topological polar surface area (TPSA) is 75.6 Å². The summed E-state index contributed by atoms with van der Waals surface area (Å²) in [5, 5.41) is 9.77. The average molecular weight is 348 g/mol. The Morgan fingerprint density at radius 1 is 1.19 bits per heavy atom. The number of anilines is 1. The van der Waals surface area contributed by atoms with E-state index in [0.29, 0.717) is 5.75 Å². The van der Waals surface area contributed by atoms with Crippen molar-refractivity contribution in [2.75, 3.05) is 11.8 Å². The van der Waals surface area contributed by atoms with Gasteiger partial charge in [0.1, 0.15) is 10.6 Å². The molecule has 2 rings (SSSR count).